The summed E-state index contributed by atoms with van der Waals surface area (Å²) in [7, 11) is 0. The summed E-state index contributed by atoms with van der Waals surface area (Å²) in [5.74, 6) is 0. The number of pyridine rings is 1. The molecule has 0 N–H and O–H groups in total. The molecule has 2 nitrogen and oxygen atoms in total. The van der Waals surface area contributed by atoms with Gasteiger partial charge in [-0.25, -0.2) is 0 Å². The topological polar surface area (TPSA) is 22.1 Å². The summed E-state index contributed by atoms with van der Waals surface area (Å²) in [6, 6.07) is 14.0. The van der Waals surface area contributed by atoms with Crippen molar-refractivity contribution in [3.05, 3.63) is 64.4 Å². The number of ether oxygens (including phenoxy) is 1. The molecule has 2 aromatic rings. The van der Waals surface area contributed by atoms with Crippen LogP contribution in [-0.4, -0.2) is 4.98 Å². The maximum atomic E-state index is 5.57. The van der Waals surface area contributed by atoms with Crippen LogP contribution in [0.4, 0.5) is 0 Å². The van der Waals surface area contributed by atoms with Crippen molar-refractivity contribution < 1.29 is 4.74 Å². The zero-order valence-electron chi connectivity index (χ0n) is 8.77. The summed E-state index contributed by atoms with van der Waals surface area (Å²) in [6.07, 6.45) is 1.78. The molecule has 0 amide bonds. The van der Waals surface area contributed by atoms with Crippen molar-refractivity contribution in [2.45, 2.75) is 13.2 Å². The molecule has 82 valence electrons. The second-order valence-corrected chi connectivity index (χ2v) is 4.36. The molecule has 0 aliphatic heterocycles. The Hall–Kier alpha value is -1.19. The van der Waals surface area contributed by atoms with E-state index in [9.17, 15) is 0 Å². The predicted molar refractivity (Wildman–Crippen MR) is 66.9 cm³/mol. The number of hydrogen-bond acceptors (Lipinski definition) is 2. The van der Waals surface area contributed by atoms with Crippen molar-refractivity contribution in [2.24, 2.45) is 0 Å². The molecular formula is C13H12BrNO. The third kappa shape index (κ3) is 3.43. The lowest BCUT2D eigenvalue weighted by atomic mass is 10.2. The van der Waals surface area contributed by atoms with Crippen molar-refractivity contribution in [3.63, 3.8) is 0 Å². The van der Waals surface area contributed by atoms with Crippen molar-refractivity contribution in [2.75, 3.05) is 0 Å². The van der Waals surface area contributed by atoms with E-state index in [4.69, 9.17) is 4.74 Å². The summed E-state index contributed by atoms with van der Waals surface area (Å²) in [5, 5.41) is 0. The number of hydrogen-bond donors (Lipinski definition) is 0. The molecule has 0 radical (unpaired) electrons. The van der Waals surface area contributed by atoms with Gasteiger partial charge < -0.3 is 4.74 Å². The first kappa shape index (κ1) is 11.3. The molecular weight excluding hydrogens is 266 g/mol. The first-order valence-corrected chi connectivity index (χ1v) is 5.86. The van der Waals surface area contributed by atoms with Gasteiger partial charge in [-0.1, -0.05) is 30.3 Å². The van der Waals surface area contributed by atoms with E-state index < -0.39 is 0 Å². The highest BCUT2D eigenvalue weighted by molar-refractivity contribution is 9.10. The summed E-state index contributed by atoms with van der Waals surface area (Å²) >= 11 is 3.35. The van der Waals surface area contributed by atoms with Crippen LogP contribution in [0.2, 0.25) is 0 Å². The van der Waals surface area contributed by atoms with Crippen molar-refractivity contribution in [1.82, 2.24) is 4.98 Å². The van der Waals surface area contributed by atoms with Gasteiger partial charge in [0, 0.05) is 10.7 Å². The Morgan fingerprint density at radius 1 is 1.00 bits per heavy atom. The lowest BCUT2D eigenvalue weighted by Gasteiger charge is -2.03. The minimum Gasteiger partial charge on any atom is -0.370 e. The van der Waals surface area contributed by atoms with Gasteiger partial charge in [0.25, 0.3) is 0 Å². The van der Waals surface area contributed by atoms with Crippen LogP contribution in [0.15, 0.2) is 53.1 Å². The Morgan fingerprint density at radius 2 is 1.81 bits per heavy atom. The van der Waals surface area contributed by atoms with Crippen molar-refractivity contribution in [3.8, 4) is 0 Å². The number of rotatable bonds is 4. The van der Waals surface area contributed by atoms with E-state index in [-0.39, 0.29) is 0 Å². The van der Waals surface area contributed by atoms with Crippen molar-refractivity contribution >= 4 is 15.9 Å². The highest BCUT2D eigenvalue weighted by Crippen LogP contribution is 2.09. The van der Waals surface area contributed by atoms with E-state index in [2.05, 4.69) is 33.0 Å². The third-order valence-corrected chi connectivity index (χ3v) is 2.62. The van der Waals surface area contributed by atoms with E-state index in [1.807, 2.05) is 30.3 Å². The first-order valence-electron chi connectivity index (χ1n) is 5.07. The van der Waals surface area contributed by atoms with E-state index in [0.717, 1.165) is 10.2 Å². The molecule has 0 fully saturated rings. The van der Waals surface area contributed by atoms with E-state index in [1.54, 1.807) is 6.20 Å². The smallest absolute Gasteiger partial charge is 0.0892 e. The quantitative estimate of drug-likeness (QED) is 0.853. The van der Waals surface area contributed by atoms with Gasteiger partial charge in [-0.3, -0.25) is 4.98 Å². The van der Waals surface area contributed by atoms with Gasteiger partial charge >= 0.3 is 0 Å². The largest absolute Gasteiger partial charge is 0.370 e. The van der Waals surface area contributed by atoms with Gasteiger partial charge in [0.2, 0.25) is 0 Å². The van der Waals surface area contributed by atoms with Gasteiger partial charge in [0.05, 0.1) is 18.9 Å². The molecule has 1 aromatic heterocycles. The van der Waals surface area contributed by atoms with Gasteiger partial charge in [-0.05, 0) is 33.6 Å². The van der Waals surface area contributed by atoms with Crippen LogP contribution in [0.5, 0.6) is 0 Å². The third-order valence-electron chi connectivity index (χ3n) is 2.15. The van der Waals surface area contributed by atoms with E-state index in [0.29, 0.717) is 13.2 Å². The van der Waals surface area contributed by atoms with Gasteiger partial charge in [0.15, 0.2) is 0 Å². The number of nitrogens with zero attached hydrogens (tertiary/aromatic N) is 1. The SMILES string of the molecule is Brc1ccc(COCc2ccccc2)nc1. The molecule has 0 bridgehead atoms. The fourth-order valence-corrected chi connectivity index (χ4v) is 1.57. The number of aromatic nitrogens is 1. The first-order chi connectivity index (χ1) is 7.84. The molecule has 0 saturated heterocycles. The van der Waals surface area contributed by atoms with Crippen LogP contribution in [0.1, 0.15) is 11.3 Å². The molecule has 1 aromatic carbocycles. The average molecular weight is 278 g/mol. The van der Waals surface area contributed by atoms with Crippen LogP contribution >= 0.6 is 15.9 Å². The van der Waals surface area contributed by atoms with Crippen molar-refractivity contribution in [1.29, 1.82) is 0 Å². The minimum absolute atomic E-state index is 0.544. The second-order valence-electron chi connectivity index (χ2n) is 3.45. The highest BCUT2D eigenvalue weighted by Gasteiger charge is 1.96. The zero-order valence-corrected chi connectivity index (χ0v) is 10.4. The monoisotopic (exact) mass is 277 g/mol. The molecule has 0 unspecified atom stereocenters. The Bertz CT molecular complexity index is 427. The van der Waals surface area contributed by atoms with Crippen LogP contribution in [0.25, 0.3) is 0 Å². The number of halogens is 1. The lowest BCUT2D eigenvalue weighted by Crippen LogP contribution is -1.95. The number of benzene rings is 1. The Balaban J connectivity index is 1.82. The van der Waals surface area contributed by atoms with E-state index >= 15 is 0 Å². The zero-order chi connectivity index (χ0) is 11.2. The van der Waals surface area contributed by atoms with E-state index in [1.165, 1.54) is 5.56 Å². The fraction of sp³-hybridized carbons (Fsp3) is 0.154. The standard InChI is InChI=1S/C13H12BrNO/c14-12-6-7-13(15-8-12)10-16-9-11-4-2-1-3-5-11/h1-8H,9-10H2. The van der Waals surface area contributed by atoms with Gasteiger partial charge in [-0.2, -0.15) is 0 Å². The molecule has 16 heavy (non-hydrogen) atoms. The van der Waals surface area contributed by atoms with Crippen LogP contribution in [0.3, 0.4) is 0 Å². The van der Waals surface area contributed by atoms with Crippen LogP contribution in [0, 0.1) is 0 Å². The molecule has 1 heterocycles. The average Bonchev–Trinajstić information content (AvgIpc) is 2.33. The Labute approximate surface area is 103 Å². The molecule has 2 rings (SSSR count). The minimum atomic E-state index is 0.544. The maximum Gasteiger partial charge on any atom is 0.0892 e. The molecule has 0 atom stereocenters. The summed E-state index contributed by atoms with van der Waals surface area (Å²) in [5.41, 5.74) is 2.12. The molecule has 0 aliphatic carbocycles. The Morgan fingerprint density at radius 3 is 2.50 bits per heavy atom. The van der Waals surface area contributed by atoms with Crippen LogP contribution < -0.4 is 0 Å². The Kier molecular flexibility index (Phi) is 4.08. The predicted octanol–water partition coefficient (Wildman–Crippen LogP) is 3.56. The molecule has 0 spiro atoms. The van der Waals surface area contributed by atoms with Gasteiger partial charge in [0.1, 0.15) is 0 Å². The highest BCUT2D eigenvalue weighted by atomic mass is 79.9. The summed E-state index contributed by atoms with van der Waals surface area (Å²) < 4.78 is 6.55. The maximum absolute atomic E-state index is 5.57. The van der Waals surface area contributed by atoms with Gasteiger partial charge in [-0.15, -0.1) is 0 Å². The molecule has 0 saturated carbocycles. The summed E-state index contributed by atoms with van der Waals surface area (Å²) in [4.78, 5) is 4.24. The second kappa shape index (κ2) is 5.77. The van der Waals surface area contributed by atoms with Crippen LogP contribution in [-0.2, 0) is 18.0 Å². The molecule has 0 aliphatic rings. The fourth-order valence-electron chi connectivity index (χ4n) is 1.34. The normalized spacial score (nSPS) is 10.3. The summed E-state index contributed by atoms with van der Waals surface area (Å²) in [6.45, 7) is 1.17. The lowest BCUT2D eigenvalue weighted by molar-refractivity contribution is 0.104. The molecule has 3 heteroatoms.